The molecule has 0 aliphatic carbocycles. The second-order valence-electron chi connectivity index (χ2n) is 19.4. The van der Waals surface area contributed by atoms with E-state index in [4.69, 9.17) is 13.8 Å². The molecule has 0 saturated heterocycles. The molecule has 8 heteroatoms. The van der Waals surface area contributed by atoms with Crippen LogP contribution in [-0.4, -0.2) is 19.5 Å². The van der Waals surface area contributed by atoms with Gasteiger partial charge in [-0.1, -0.05) is 115 Å². The summed E-state index contributed by atoms with van der Waals surface area (Å²) in [6.07, 6.45) is 1.81. The summed E-state index contributed by atoms with van der Waals surface area (Å²) in [7, 11) is 0. The van der Waals surface area contributed by atoms with Gasteiger partial charge in [-0.2, -0.15) is 5.26 Å². The zero-order valence-electron chi connectivity index (χ0n) is 40.1. The van der Waals surface area contributed by atoms with E-state index >= 15 is 0 Å². The molecular formula is C62H49IrN5O2-2. The number of aromatic nitrogens is 4. The van der Waals surface area contributed by atoms with Crippen LogP contribution in [0.5, 0.6) is 0 Å². The minimum atomic E-state index is 0. The third-order valence-corrected chi connectivity index (χ3v) is 13.0. The Labute approximate surface area is 420 Å². The van der Waals surface area contributed by atoms with Crippen LogP contribution < -0.4 is 0 Å². The van der Waals surface area contributed by atoms with E-state index in [1.807, 2.05) is 60.8 Å². The van der Waals surface area contributed by atoms with E-state index in [1.165, 1.54) is 33.3 Å². The van der Waals surface area contributed by atoms with Crippen molar-refractivity contribution in [1.82, 2.24) is 19.5 Å². The van der Waals surface area contributed by atoms with Crippen molar-refractivity contribution in [2.45, 2.75) is 65.7 Å². The van der Waals surface area contributed by atoms with Crippen molar-refractivity contribution in [2.24, 2.45) is 0 Å². The van der Waals surface area contributed by atoms with Crippen LogP contribution in [0.3, 0.4) is 0 Å². The molecule has 0 spiro atoms. The Kier molecular flexibility index (Phi) is 12.1. The average Bonchev–Trinajstić information content (AvgIpc) is 4.06. The van der Waals surface area contributed by atoms with Gasteiger partial charge in [0.25, 0.3) is 0 Å². The van der Waals surface area contributed by atoms with Gasteiger partial charge in [0, 0.05) is 70.7 Å². The molecular weight excluding hydrogens is 1040 g/mol. The molecule has 4 heterocycles. The van der Waals surface area contributed by atoms with Gasteiger partial charge in [0.15, 0.2) is 0 Å². The zero-order valence-corrected chi connectivity index (χ0v) is 42.4. The standard InChI is InChI=1S/C48H34N3O2.C14H15N2.Ir/c1-27(2)36-22-33(30-10-6-5-7-11-30)23-37(28(3)4)46(36)51-47-34-13-9-8-12-31(34)15-18-41(47)50-48(51)32-16-19-42-38(21-32)40-24-39-35-17-14-29(26-49)20-43(35)53-44(39)25-45(40)52-42;1-14(2,3)12-9-10-15-13(16-12)11-7-5-4-6-8-11;/h5-15,17-25,27-28H,1-4H3;4-7,9-10H,1-3H3;/q2*-1;. The number of nitriles is 1. The summed E-state index contributed by atoms with van der Waals surface area (Å²) in [6.45, 7) is 15.6. The molecule has 1 radical (unpaired) electrons. The molecule has 0 saturated carbocycles. The van der Waals surface area contributed by atoms with Gasteiger partial charge < -0.3 is 13.4 Å². The number of hydrogen-bond donors (Lipinski definition) is 0. The predicted molar refractivity (Wildman–Crippen MR) is 281 cm³/mol. The molecule has 0 unspecified atom stereocenters. The molecule has 12 rings (SSSR count). The number of furan rings is 2. The summed E-state index contributed by atoms with van der Waals surface area (Å²) in [5.74, 6) is 2.06. The Balaban J connectivity index is 0.000000285. The number of benzene rings is 8. The van der Waals surface area contributed by atoms with Crippen LogP contribution in [0.1, 0.15) is 82.7 Å². The Morgan fingerprint density at radius 3 is 2.00 bits per heavy atom. The smallest absolute Gasteiger partial charge is 0.139 e. The fourth-order valence-electron chi connectivity index (χ4n) is 9.48. The van der Waals surface area contributed by atoms with Crippen LogP contribution in [0.15, 0.2) is 167 Å². The van der Waals surface area contributed by atoms with Gasteiger partial charge in [0.05, 0.1) is 39.9 Å². The van der Waals surface area contributed by atoms with E-state index < -0.39 is 0 Å². The first-order valence-corrected chi connectivity index (χ1v) is 23.5. The maximum Gasteiger partial charge on any atom is 0.139 e. The molecule has 70 heavy (non-hydrogen) atoms. The van der Waals surface area contributed by atoms with Crippen molar-refractivity contribution in [3.8, 4) is 45.7 Å². The van der Waals surface area contributed by atoms with Crippen molar-refractivity contribution in [3.05, 3.63) is 192 Å². The molecule has 0 fully saturated rings. The number of rotatable bonds is 6. The molecule has 0 atom stereocenters. The van der Waals surface area contributed by atoms with Crippen LogP contribution in [0, 0.1) is 23.5 Å². The van der Waals surface area contributed by atoms with Crippen molar-refractivity contribution < 1.29 is 28.9 Å². The number of imidazole rings is 1. The molecule has 345 valence electrons. The van der Waals surface area contributed by atoms with E-state index in [9.17, 15) is 5.26 Å². The Hall–Kier alpha value is -7.69. The summed E-state index contributed by atoms with van der Waals surface area (Å²) in [5.41, 5.74) is 14.5. The summed E-state index contributed by atoms with van der Waals surface area (Å²) in [5, 5.41) is 15.7. The summed E-state index contributed by atoms with van der Waals surface area (Å²) in [6, 6.07) is 60.8. The maximum atomic E-state index is 9.45. The van der Waals surface area contributed by atoms with Gasteiger partial charge in [0.1, 0.15) is 16.7 Å². The minimum absolute atomic E-state index is 0. The largest absolute Gasteiger partial charge is 0.500 e. The van der Waals surface area contributed by atoms with E-state index in [1.54, 1.807) is 6.07 Å². The first kappa shape index (κ1) is 46.1. The minimum Gasteiger partial charge on any atom is -0.500 e. The van der Waals surface area contributed by atoms with Crippen LogP contribution in [-0.2, 0) is 25.5 Å². The Morgan fingerprint density at radius 2 is 1.29 bits per heavy atom. The van der Waals surface area contributed by atoms with Crippen molar-refractivity contribution >= 4 is 65.7 Å². The molecule has 8 aromatic carbocycles. The first-order valence-electron chi connectivity index (χ1n) is 23.5. The Morgan fingerprint density at radius 1 is 0.600 bits per heavy atom. The molecule has 7 nitrogen and oxygen atoms in total. The van der Waals surface area contributed by atoms with Crippen LogP contribution >= 0.6 is 0 Å². The van der Waals surface area contributed by atoms with Gasteiger partial charge >= 0.3 is 0 Å². The summed E-state index contributed by atoms with van der Waals surface area (Å²) < 4.78 is 15.0. The molecule has 4 aromatic heterocycles. The Bertz CT molecular complexity index is 3930. The first-order chi connectivity index (χ1) is 33.4. The fourth-order valence-corrected chi connectivity index (χ4v) is 9.48. The zero-order chi connectivity index (χ0) is 47.6. The monoisotopic (exact) mass is 1090 g/mol. The van der Waals surface area contributed by atoms with Crippen LogP contribution in [0.25, 0.3) is 105 Å². The maximum absolute atomic E-state index is 9.45. The second kappa shape index (κ2) is 18.3. The molecule has 12 aromatic rings. The number of nitrogens with zero attached hydrogens (tertiary/aromatic N) is 5. The fraction of sp³-hybridized carbons (Fsp3) is 0.161. The normalized spacial score (nSPS) is 11.8. The van der Waals surface area contributed by atoms with Gasteiger partial charge in [-0.15, -0.1) is 59.7 Å². The van der Waals surface area contributed by atoms with E-state index in [2.05, 4.69) is 172 Å². The van der Waals surface area contributed by atoms with Crippen molar-refractivity contribution in [2.75, 3.05) is 0 Å². The SMILES string of the molecule is CC(C)(C)c1ccnc(-c2[c-]cccc2)n1.CC(C)c1cc(-c2ccccc2)cc(C(C)C)c1-n1c(-c2[c-]cc3oc4cc5oc6cc(C#N)ccc6c5cc4c3c2)nc2ccc3ccccc3c21.[Ir]. The third kappa shape index (κ3) is 8.25. The summed E-state index contributed by atoms with van der Waals surface area (Å²) in [4.78, 5) is 14.3. The average molecular weight is 1090 g/mol. The van der Waals surface area contributed by atoms with E-state index in [0.29, 0.717) is 11.1 Å². The van der Waals surface area contributed by atoms with Gasteiger partial charge in [-0.05, 0) is 88.0 Å². The van der Waals surface area contributed by atoms with Gasteiger partial charge in [-0.25, -0.2) is 0 Å². The van der Waals surface area contributed by atoms with Crippen LogP contribution in [0.2, 0.25) is 0 Å². The third-order valence-electron chi connectivity index (χ3n) is 13.0. The summed E-state index contributed by atoms with van der Waals surface area (Å²) >= 11 is 0. The number of fused-ring (bicyclic) bond motifs is 9. The number of hydrogen-bond acceptors (Lipinski definition) is 6. The van der Waals surface area contributed by atoms with Crippen molar-refractivity contribution in [3.63, 3.8) is 0 Å². The molecule has 0 amide bonds. The van der Waals surface area contributed by atoms with E-state index in [0.717, 1.165) is 83.2 Å². The molecule has 0 N–H and O–H groups in total. The van der Waals surface area contributed by atoms with Crippen LogP contribution in [0.4, 0.5) is 0 Å². The van der Waals surface area contributed by atoms with Gasteiger partial charge in [-0.3, -0.25) is 15.0 Å². The molecule has 0 bridgehead atoms. The molecule has 0 aliphatic rings. The molecule has 0 aliphatic heterocycles. The van der Waals surface area contributed by atoms with E-state index in [-0.39, 0.29) is 37.4 Å². The quantitative estimate of drug-likeness (QED) is 0.154. The van der Waals surface area contributed by atoms with Crippen molar-refractivity contribution in [1.29, 1.82) is 5.26 Å². The van der Waals surface area contributed by atoms with Gasteiger partial charge in [0.2, 0.25) is 0 Å². The second-order valence-corrected chi connectivity index (χ2v) is 19.4. The predicted octanol–water partition coefficient (Wildman–Crippen LogP) is 16.5. The topological polar surface area (TPSA) is 93.7 Å².